The van der Waals surface area contributed by atoms with E-state index < -0.39 is 17.5 Å². The summed E-state index contributed by atoms with van der Waals surface area (Å²) in [7, 11) is 1.54. The summed E-state index contributed by atoms with van der Waals surface area (Å²) in [5.74, 6) is -0.204. The van der Waals surface area contributed by atoms with Crippen LogP contribution < -0.4 is 25.0 Å². The van der Waals surface area contributed by atoms with E-state index in [0.717, 1.165) is 0 Å². The van der Waals surface area contributed by atoms with Gasteiger partial charge >= 0.3 is 0 Å². The first-order valence-electron chi connectivity index (χ1n) is 12.5. The van der Waals surface area contributed by atoms with E-state index in [-0.39, 0.29) is 18.4 Å². The van der Waals surface area contributed by atoms with Crippen LogP contribution in [0.5, 0.6) is 11.5 Å². The molecule has 0 saturated carbocycles. The van der Waals surface area contributed by atoms with Crippen molar-refractivity contribution in [1.82, 2.24) is 10.6 Å². The Morgan fingerprint density at radius 1 is 1.03 bits per heavy atom. The zero-order valence-electron chi connectivity index (χ0n) is 22.4. The molecule has 0 aliphatic rings. The van der Waals surface area contributed by atoms with Crippen LogP contribution in [0.1, 0.15) is 55.4 Å². The Morgan fingerprint density at radius 3 is 2.45 bits per heavy atom. The van der Waals surface area contributed by atoms with Gasteiger partial charge in [0.1, 0.15) is 17.5 Å². The molecule has 1 aromatic heterocycles. The maximum atomic E-state index is 14.0. The molecule has 0 aliphatic carbocycles. The molecule has 1 heterocycles. The largest absolute Gasteiger partial charge is 0.497 e. The first-order valence-corrected chi connectivity index (χ1v) is 13.4. The van der Waals surface area contributed by atoms with Crippen molar-refractivity contribution in [2.24, 2.45) is 0 Å². The number of hydrogen-bond acceptors (Lipinski definition) is 6. The van der Waals surface area contributed by atoms with Crippen LogP contribution >= 0.6 is 11.3 Å². The Balaban J connectivity index is 2.12. The third-order valence-corrected chi connectivity index (χ3v) is 6.97. The Kier molecular flexibility index (Phi) is 9.90. The van der Waals surface area contributed by atoms with Crippen molar-refractivity contribution in [3.8, 4) is 11.5 Å². The van der Waals surface area contributed by atoms with E-state index in [1.165, 1.54) is 16.2 Å². The van der Waals surface area contributed by atoms with Gasteiger partial charge in [-0.1, -0.05) is 37.3 Å². The molecule has 202 valence electrons. The quantitative estimate of drug-likeness (QED) is 0.340. The van der Waals surface area contributed by atoms with E-state index in [1.807, 2.05) is 27.7 Å². The fraction of sp³-hybridized carbons (Fsp3) is 0.345. The molecule has 0 radical (unpaired) electrons. The number of thiophene rings is 1. The molecule has 1 atom stereocenters. The molecule has 0 bridgehead atoms. The summed E-state index contributed by atoms with van der Waals surface area (Å²) in [6, 6.07) is 16.5. The molecule has 0 spiro atoms. The molecule has 2 aromatic carbocycles. The van der Waals surface area contributed by atoms with Gasteiger partial charge in [0.05, 0.1) is 30.8 Å². The normalized spacial score (nSPS) is 11.8. The minimum Gasteiger partial charge on any atom is -0.497 e. The lowest BCUT2D eigenvalue weighted by molar-refractivity contribution is -0.127. The summed E-state index contributed by atoms with van der Waals surface area (Å²) in [5.41, 5.74) is 0.454. The van der Waals surface area contributed by atoms with Crippen molar-refractivity contribution in [3.63, 3.8) is 0 Å². The monoisotopic (exact) mass is 537 g/mol. The van der Waals surface area contributed by atoms with E-state index in [0.29, 0.717) is 40.7 Å². The van der Waals surface area contributed by atoms with Crippen molar-refractivity contribution in [3.05, 3.63) is 76.5 Å². The number of carbonyl (C=O) groups excluding carboxylic acids is 3. The summed E-state index contributed by atoms with van der Waals surface area (Å²) in [6.45, 7) is 7.73. The molecular formula is C29H35N3O5S. The highest BCUT2D eigenvalue weighted by atomic mass is 32.1. The van der Waals surface area contributed by atoms with Crippen LogP contribution in [-0.2, 0) is 9.59 Å². The second kappa shape index (κ2) is 13.1. The maximum absolute atomic E-state index is 14.0. The molecule has 38 heavy (non-hydrogen) atoms. The third-order valence-electron chi connectivity index (χ3n) is 6.10. The van der Waals surface area contributed by atoms with Gasteiger partial charge in [-0.25, -0.2) is 0 Å². The average molecular weight is 538 g/mol. The first kappa shape index (κ1) is 28.7. The molecule has 3 amide bonds. The molecule has 3 aromatic rings. The molecule has 0 unspecified atom stereocenters. The molecule has 0 aliphatic heterocycles. The number of nitrogens with zero attached hydrogens (tertiary/aromatic N) is 1. The number of carbonyl (C=O) groups is 3. The Bertz CT molecular complexity index is 1240. The second-order valence-electron chi connectivity index (χ2n) is 9.23. The summed E-state index contributed by atoms with van der Waals surface area (Å²) in [6.07, 6.45) is 0.684. The predicted octanol–water partition coefficient (Wildman–Crippen LogP) is 4.96. The lowest BCUT2D eigenvalue weighted by atomic mass is 9.98. The number of nitrogens with one attached hydrogen (secondary N) is 2. The van der Waals surface area contributed by atoms with Gasteiger partial charge in [0.2, 0.25) is 11.8 Å². The summed E-state index contributed by atoms with van der Waals surface area (Å²) >= 11 is 1.28. The topological polar surface area (TPSA) is 97.0 Å². The molecule has 0 saturated heterocycles. The van der Waals surface area contributed by atoms with Crippen LogP contribution in [0.15, 0.2) is 66.0 Å². The van der Waals surface area contributed by atoms with Crippen molar-refractivity contribution in [2.45, 2.75) is 45.7 Å². The smallest absolute Gasteiger partial charge is 0.261 e. The van der Waals surface area contributed by atoms with Crippen LogP contribution in [0, 0.1) is 0 Å². The third kappa shape index (κ3) is 7.13. The molecule has 3 rings (SSSR count). The number of ether oxygens (including phenoxy) is 2. The van der Waals surface area contributed by atoms with Gasteiger partial charge in [-0.3, -0.25) is 19.3 Å². The maximum Gasteiger partial charge on any atom is 0.261 e. The zero-order chi connectivity index (χ0) is 27.7. The van der Waals surface area contributed by atoms with Gasteiger partial charge in [-0.05, 0) is 68.5 Å². The van der Waals surface area contributed by atoms with Gasteiger partial charge in [0, 0.05) is 5.54 Å². The number of amides is 3. The van der Waals surface area contributed by atoms with Crippen LogP contribution in [0.25, 0.3) is 0 Å². The lowest BCUT2D eigenvalue weighted by Crippen LogP contribution is -2.52. The molecular weight excluding hydrogens is 502 g/mol. The van der Waals surface area contributed by atoms with E-state index in [9.17, 15) is 14.4 Å². The predicted molar refractivity (Wildman–Crippen MR) is 150 cm³/mol. The van der Waals surface area contributed by atoms with E-state index in [2.05, 4.69) is 10.6 Å². The highest BCUT2D eigenvalue weighted by Crippen LogP contribution is 2.36. The molecule has 0 fully saturated rings. The van der Waals surface area contributed by atoms with Gasteiger partial charge in [-0.2, -0.15) is 0 Å². The number of rotatable bonds is 12. The van der Waals surface area contributed by atoms with E-state index >= 15 is 0 Å². The Hall–Kier alpha value is -3.85. The van der Waals surface area contributed by atoms with Gasteiger partial charge in [0.15, 0.2) is 0 Å². The molecule has 8 nitrogen and oxygen atoms in total. The van der Waals surface area contributed by atoms with Crippen LogP contribution in [-0.4, -0.2) is 43.5 Å². The summed E-state index contributed by atoms with van der Waals surface area (Å²) in [5, 5.41) is 7.57. The van der Waals surface area contributed by atoms with E-state index in [1.54, 1.807) is 73.2 Å². The molecule has 2 N–H and O–H groups in total. The standard InChI is InChI=1S/C29H35N3O5S/c1-6-29(3,4)31-28(35)26(20-12-10-13-21(18-20)36-5)32(22-14-8-9-15-23(22)37-7-2)25(33)19-30-27(34)24-16-11-17-38-24/h8-18,26H,6-7,19H2,1-5H3,(H,30,34)(H,31,35)/t26-/m0/s1. The number of para-hydroxylation sites is 2. The molecule has 9 heteroatoms. The fourth-order valence-electron chi connectivity index (χ4n) is 3.81. The van der Waals surface area contributed by atoms with Gasteiger partial charge in [-0.15, -0.1) is 11.3 Å². The first-order chi connectivity index (χ1) is 18.2. The number of benzene rings is 2. The minimum atomic E-state index is -1.07. The van der Waals surface area contributed by atoms with Crippen molar-refractivity contribution >= 4 is 34.7 Å². The van der Waals surface area contributed by atoms with Gasteiger partial charge < -0.3 is 20.1 Å². The second-order valence-corrected chi connectivity index (χ2v) is 10.2. The van der Waals surface area contributed by atoms with Crippen LogP contribution in [0.4, 0.5) is 5.69 Å². The van der Waals surface area contributed by atoms with Gasteiger partial charge in [0.25, 0.3) is 5.91 Å². The lowest BCUT2D eigenvalue weighted by Gasteiger charge is -2.35. The highest BCUT2D eigenvalue weighted by molar-refractivity contribution is 7.12. The minimum absolute atomic E-state index is 0.317. The number of methoxy groups -OCH3 is 1. The van der Waals surface area contributed by atoms with Crippen molar-refractivity contribution in [2.75, 3.05) is 25.2 Å². The zero-order valence-corrected chi connectivity index (χ0v) is 23.3. The highest BCUT2D eigenvalue weighted by Gasteiger charge is 2.36. The van der Waals surface area contributed by atoms with Crippen LogP contribution in [0.3, 0.4) is 0 Å². The SMILES string of the molecule is CCOc1ccccc1N(C(=O)CNC(=O)c1cccs1)[C@H](C(=O)NC(C)(C)CC)c1cccc(OC)c1. The number of hydrogen-bond donors (Lipinski definition) is 2. The van der Waals surface area contributed by atoms with Crippen molar-refractivity contribution < 1.29 is 23.9 Å². The average Bonchev–Trinajstić information content (AvgIpc) is 3.46. The fourth-order valence-corrected chi connectivity index (χ4v) is 4.45. The van der Waals surface area contributed by atoms with Crippen LogP contribution in [0.2, 0.25) is 0 Å². The summed E-state index contributed by atoms with van der Waals surface area (Å²) < 4.78 is 11.3. The summed E-state index contributed by atoms with van der Waals surface area (Å²) in [4.78, 5) is 42.4. The number of anilines is 1. The van der Waals surface area contributed by atoms with Crippen molar-refractivity contribution in [1.29, 1.82) is 0 Å². The Morgan fingerprint density at radius 2 is 1.79 bits per heavy atom. The Labute approximate surface area is 228 Å². The van der Waals surface area contributed by atoms with E-state index in [4.69, 9.17) is 9.47 Å².